The van der Waals surface area contributed by atoms with Gasteiger partial charge in [-0.2, -0.15) is 0 Å². The molecule has 6 heteroatoms. The molecule has 1 aliphatic heterocycles. The van der Waals surface area contributed by atoms with E-state index in [1.165, 1.54) is 12.4 Å². The standard InChI is InChI=1S/C14H14FN5/c1-20-5-4-12(10-7-17-8-18-14(10)20)19-13-3-2-9(16)6-11(13)15/h2-4,6-8,19H,5,16H2,1H3. The van der Waals surface area contributed by atoms with Crippen molar-refractivity contribution in [2.75, 3.05) is 29.5 Å². The molecule has 1 aromatic heterocycles. The molecule has 2 aromatic rings. The van der Waals surface area contributed by atoms with E-state index < -0.39 is 0 Å². The summed E-state index contributed by atoms with van der Waals surface area (Å²) in [5.41, 5.74) is 7.96. The van der Waals surface area contributed by atoms with Crippen LogP contribution in [0.4, 0.5) is 21.6 Å². The van der Waals surface area contributed by atoms with Crippen LogP contribution < -0.4 is 16.0 Å². The predicted molar refractivity (Wildman–Crippen MR) is 77.7 cm³/mol. The number of anilines is 3. The number of fused-ring (bicyclic) bond motifs is 1. The number of halogens is 1. The SMILES string of the molecule is CN1CC=C(Nc2ccc(N)cc2F)c2cncnc21. The Morgan fingerprint density at radius 2 is 2.25 bits per heavy atom. The van der Waals surface area contributed by atoms with Gasteiger partial charge in [0.05, 0.1) is 11.3 Å². The summed E-state index contributed by atoms with van der Waals surface area (Å²) in [6, 6.07) is 4.57. The van der Waals surface area contributed by atoms with Gasteiger partial charge in [0.1, 0.15) is 18.0 Å². The van der Waals surface area contributed by atoms with Crippen molar-refractivity contribution in [1.29, 1.82) is 0 Å². The molecule has 1 aliphatic rings. The summed E-state index contributed by atoms with van der Waals surface area (Å²) < 4.78 is 13.8. The first-order valence-electron chi connectivity index (χ1n) is 6.19. The van der Waals surface area contributed by atoms with Crippen molar-refractivity contribution in [1.82, 2.24) is 9.97 Å². The Kier molecular flexibility index (Phi) is 2.98. The topological polar surface area (TPSA) is 67.1 Å². The molecule has 1 aromatic carbocycles. The minimum absolute atomic E-state index is 0.379. The number of nitrogens with one attached hydrogen (secondary N) is 1. The molecule has 3 rings (SSSR count). The van der Waals surface area contributed by atoms with Crippen LogP contribution >= 0.6 is 0 Å². The molecule has 102 valence electrons. The van der Waals surface area contributed by atoms with Gasteiger partial charge in [-0.05, 0) is 24.3 Å². The molecule has 5 nitrogen and oxygen atoms in total. The summed E-state index contributed by atoms with van der Waals surface area (Å²) in [5, 5.41) is 3.08. The molecule has 0 saturated heterocycles. The summed E-state index contributed by atoms with van der Waals surface area (Å²) in [7, 11) is 1.95. The van der Waals surface area contributed by atoms with E-state index in [0.29, 0.717) is 17.9 Å². The Labute approximate surface area is 116 Å². The summed E-state index contributed by atoms with van der Waals surface area (Å²) in [5.74, 6) is 0.434. The van der Waals surface area contributed by atoms with Crippen molar-refractivity contribution >= 4 is 22.9 Å². The van der Waals surface area contributed by atoms with Crippen molar-refractivity contribution in [3.8, 4) is 0 Å². The highest BCUT2D eigenvalue weighted by atomic mass is 19.1. The van der Waals surface area contributed by atoms with Crippen LogP contribution in [-0.2, 0) is 0 Å². The monoisotopic (exact) mass is 271 g/mol. The average molecular weight is 271 g/mol. The van der Waals surface area contributed by atoms with Gasteiger partial charge in [-0.25, -0.2) is 14.4 Å². The molecule has 0 radical (unpaired) electrons. The Hall–Kier alpha value is -2.63. The van der Waals surface area contributed by atoms with Crippen LogP contribution in [0.3, 0.4) is 0 Å². The maximum atomic E-state index is 13.8. The minimum atomic E-state index is -0.386. The third-order valence-corrected chi connectivity index (χ3v) is 3.17. The van der Waals surface area contributed by atoms with E-state index in [0.717, 1.165) is 17.1 Å². The number of benzene rings is 1. The van der Waals surface area contributed by atoms with Crippen molar-refractivity contribution in [2.45, 2.75) is 0 Å². The van der Waals surface area contributed by atoms with Gasteiger partial charge in [-0.3, -0.25) is 0 Å². The summed E-state index contributed by atoms with van der Waals surface area (Å²) >= 11 is 0. The molecule has 3 N–H and O–H groups in total. The summed E-state index contributed by atoms with van der Waals surface area (Å²) in [6.45, 7) is 0.697. The Bertz CT molecular complexity index is 683. The van der Waals surface area contributed by atoms with Crippen LogP contribution in [0.2, 0.25) is 0 Å². The van der Waals surface area contributed by atoms with E-state index in [9.17, 15) is 4.39 Å². The quantitative estimate of drug-likeness (QED) is 0.819. The molecule has 0 saturated carbocycles. The number of nitrogen functional groups attached to an aromatic ring is 1. The third kappa shape index (κ3) is 2.16. The first kappa shape index (κ1) is 12.4. The zero-order valence-corrected chi connectivity index (χ0v) is 11.0. The Morgan fingerprint density at radius 1 is 1.40 bits per heavy atom. The van der Waals surface area contributed by atoms with Crippen LogP contribution in [-0.4, -0.2) is 23.6 Å². The highest BCUT2D eigenvalue weighted by Gasteiger charge is 2.18. The lowest BCUT2D eigenvalue weighted by molar-refractivity contribution is 0.632. The lowest BCUT2D eigenvalue weighted by Gasteiger charge is -2.26. The predicted octanol–water partition coefficient (Wildman–Crippen LogP) is 2.10. The molecule has 0 unspecified atom stereocenters. The van der Waals surface area contributed by atoms with Gasteiger partial charge in [0, 0.05) is 31.2 Å². The number of likely N-dealkylation sites (N-methyl/N-ethyl adjacent to an activating group) is 1. The number of aromatic nitrogens is 2. The third-order valence-electron chi connectivity index (χ3n) is 3.17. The maximum absolute atomic E-state index is 13.8. The number of rotatable bonds is 2. The van der Waals surface area contributed by atoms with Crippen LogP contribution in [0.5, 0.6) is 0 Å². The lowest BCUT2D eigenvalue weighted by atomic mass is 10.1. The molecule has 20 heavy (non-hydrogen) atoms. The van der Waals surface area contributed by atoms with E-state index in [2.05, 4.69) is 15.3 Å². The molecule has 0 amide bonds. The molecule has 0 fully saturated rings. The molecular weight excluding hydrogens is 257 g/mol. The van der Waals surface area contributed by atoms with Crippen molar-refractivity contribution < 1.29 is 4.39 Å². The maximum Gasteiger partial charge on any atom is 0.148 e. The molecule has 0 spiro atoms. The summed E-state index contributed by atoms with van der Waals surface area (Å²) in [4.78, 5) is 10.3. The first-order valence-corrected chi connectivity index (χ1v) is 6.19. The second kappa shape index (κ2) is 4.80. The van der Waals surface area contributed by atoms with Crippen LogP contribution in [0.15, 0.2) is 36.8 Å². The molecule has 0 bridgehead atoms. The Balaban J connectivity index is 1.95. The highest BCUT2D eigenvalue weighted by molar-refractivity contribution is 5.84. The van der Waals surface area contributed by atoms with Gasteiger partial charge in [-0.1, -0.05) is 0 Å². The van der Waals surface area contributed by atoms with E-state index >= 15 is 0 Å². The fourth-order valence-corrected chi connectivity index (χ4v) is 2.14. The number of nitrogens with zero attached hydrogens (tertiary/aromatic N) is 3. The van der Waals surface area contributed by atoms with E-state index in [1.807, 2.05) is 18.0 Å². The van der Waals surface area contributed by atoms with E-state index in [1.54, 1.807) is 18.3 Å². The molecule has 0 atom stereocenters. The highest BCUT2D eigenvalue weighted by Crippen LogP contribution is 2.29. The van der Waals surface area contributed by atoms with Crippen molar-refractivity contribution in [2.24, 2.45) is 0 Å². The van der Waals surface area contributed by atoms with Gasteiger partial charge >= 0.3 is 0 Å². The number of hydrogen-bond donors (Lipinski definition) is 2. The smallest absolute Gasteiger partial charge is 0.148 e. The van der Waals surface area contributed by atoms with Gasteiger partial charge in [0.15, 0.2) is 0 Å². The second-order valence-corrected chi connectivity index (χ2v) is 4.62. The van der Waals surface area contributed by atoms with Gasteiger partial charge in [0.2, 0.25) is 0 Å². The molecular formula is C14H14FN5. The fraction of sp³-hybridized carbons (Fsp3) is 0.143. The summed E-state index contributed by atoms with van der Waals surface area (Å²) in [6.07, 6.45) is 5.19. The largest absolute Gasteiger partial charge is 0.399 e. The second-order valence-electron chi connectivity index (χ2n) is 4.62. The molecule has 0 aliphatic carbocycles. The van der Waals surface area contributed by atoms with Crippen LogP contribution in [0.1, 0.15) is 5.56 Å². The zero-order chi connectivity index (χ0) is 14.1. The first-order chi connectivity index (χ1) is 9.65. The van der Waals surface area contributed by atoms with Crippen molar-refractivity contribution in [3.05, 3.63) is 48.2 Å². The lowest BCUT2D eigenvalue weighted by Crippen LogP contribution is -2.25. The van der Waals surface area contributed by atoms with Crippen LogP contribution in [0, 0.1) is 5.82 Å². The fourth-order valence-electron chi connectivity index (χ4n) is 2.14. The number of hydrogen-bond acceptors (Lipinski definition) is 5. The van der Waals surface area contributed by atoms with Gasteiger partial charge in [-0.15, -0.1) is 0 Å². The number of nitrogens with two attached hydrogens (primary N) is 1. The van der Waals surface area contributed by atoms with Crippen LogP contribution in [0.25, 0.3) is 5.70 Å². The van der Waals surface area contributed by atoms with Gasteiger partial charge in [0.25, 0.3) is 0 Å². The van der Waals surface area contributed by atoms with Crippen molar-refractivity contribution in [3.63, 3.8) is 0 Å². The minimum Gasteiger partial charge on any atom is -0.399 e. The van der Waals surface area contributed by atoms with E-state index in [-0.39, 0.29) is 5.82 Å². The zero-order valence-electron chi connectivity index (χ0n) is 11.0. The molecule has 2 heterocycles. The Morgan fingerprint density at radius 3 is 3.05 bits per heavy atom. The van der Waals surface area contributed by atoms with E-state index in [4.69, 9.17) is 5.73 Å². The average Bonchev–Trinajstić information content (AvgIpc) is 2.45. The van der Waals surface area contributed by atoms with Gasteiger partial charge < -0.3 is 16.0 Å². The normalized spacial score (nSPS) is 13.7.